The van der Waals surface area contributed by atoms with E-state index in [1.807, 2.05) is 0 Å². The van der Waals surface area contributed by atoms with Gasteiger partial charge in [0.25, 0.3) is 5.91 Å². The van der Waals surface area contributed by atoms with E-state index in [0.717, 1.165) is 0 Å². The van der Waals surface area contributed by atoms with Gasteiger partial charge in [0.15, 0.2) is 24.1 Å². The Morgan fingerprint density at radius 1 is 0.872 bits per heavy atom. The Bertz CT molecular complexity index is 1070. The molecule has 2 aliphatic carbocycles. The van der Waals surface area contributed by atoms with Gasteiger partial charge in [-0.05, 0) is 19.4 Å². The summed E-state index contributed by atoms with van der Waals surface area (Å²) in [5.74, 6) is -1.36. The van der Waals surface area contributed by atoms with Crippen LogP contribution in [0, 0.1) is 5.41 Å². The van der Waals surface area contributed by atoms with E-state index >= 15 is 0 Å². The summed E-state index contributed by atoms with van der Waals surface area (Å²) in [5, 5.41) is 98.6. The zero-order chi connectivity index (χ0) is 34.8. The molecule has 272 valence electrons. The quantitative estimate of drug-likeness (QED) is 0.0487. The Morgan fingerprint density at radius 2 is 1.53 bits per heavy atom. The van der Waals surface area contributed by atoms with E-state index in [1.165, 1.54) is 0 Å². The van der Waals surface area contributed by atoms with Gasteiger partial charge in [-0.25, -0.2) is 0 Å². The lowest BCUT2D eigenvalue weighted by atomic mass is 9.83. The molecule has 0 aromatic rings. The normalized spacial score (nSPS) is 46.9. The highest BCUT2D eigenvalue weighted by Gasteiger charge is 2.61. The molecule has 2 saturated carbocycles. The molecule has 2 aliphatic heterocycles. The number of carbonyl (C=O) groups is 1. The highest BCUT2D eigenvalue weighted by Crippen LogP contribution is 2.37. The van der Waals surface area contributed by atoms with E-state index in [9.17, 15) is 40.5 Å². The van der Waals surface area contributed by atoms with Crippen LogP contribution in [0.2, 0.25) is 0 Å². The second-order valence-corrected chi connectivity index (χ2v) is 12.6. The highest BCUT2D eigenvalue weighted by molar-refractivity contribution is 5.91. The Morgan fingerprint density at radius 3 is 2.17 bits per heavy atom. The summed E-state index contributed by atoms with van der Waals surface area (Å²) in [4.78, 5) is 13.2. The minimum Gasteiger partial charge on any atom is -0.396 e. The van der Waals surface area contributed by atoms with Gasteiger partial charge in [0.1, 0.15) is 54.9 Å². The van der Waals surface area contributed by atoms with Crippen LogP contribution >= 0.6 is 0 Å². The van der Waals surface area contributed by atoms with Crippen molar-refractivity contribution in [3.8, 4) is 0 Å². The molecule has 0 radical (unpaired) electrons. The molecule has 4 fully saturated rings. The zero-order valence-electron chi connectivity index (χ0n) is 25.6. The maximum atomic E-state index is 13.2. The van der Waals surface area contributed by atoms with E-state index in [4.69, 9.17) is 52.4 Å². The molecule has 2 heterocycles. The van der Waals surface area contributed by atoms with Crippen LogP contribution in [0.4, 0.5) is 0 Å². The molecule has 20 N–H and O–H groups in total. The lowest BCUT2D eigenvalue weighted by Crippen LogP contribution is -2.70. The first kappa shape index (κ1) is 37.9. The van der Waals surface area contributed by atoms with Gasteiger partial charge in [0.2, 0.25) is 0 Å². The minimum absolute atomic E-state index is 0.0569. The number of ether oxygens (including phenoxy) is 4. The Kier molecular flexibility index (Phi) is 12.7. The van der Waals surface area contributed by atoms with Crippen LogP contribution in [-0.2, 0) is 23.7 Å². The summed E-state index contributed by atoms with van der Waals surface area (Å²) < 4.78 is 23.3. The topological polar surface area (TPSA) is 380 Å². The fourth-order valence-corrected chi connectivity index (χ4v) is 6.12. The van der Waals surface area contributed by atoms with Crippen LogP contribution in [0.25, 0.3) is 0 Å². The van der Waals surface area contributed by atoms with Crippen LogP contribution < -0.4 is 38.9 Å². The van der Waals surface area contributed by atoms with Gasteiger partial charge in [-0.1, -0.05) is 0 Å². The number of rotatable bonds is 13. The van der Waals surface area contributed by atoms with Gasteiger partial charge >= 0.3 is 0 Å². The summed E-state index contributed by atoms with van der Waals surface area (Å²) in [5.41, 5.74) is 21.8. The van der Waals surface area contributed by atoms with Gasteiger partial charge < -0.3 is 98.7 Å². The Labute approximate surface area is 270 Å². The van der Waals surface area contributed by atoms with Crippen molar-refractivity contribution < 1.29 is 64.6 Å². The van der Waals surface area contributed by atoms with Crippen molar-refractivity contribution in [3.63, 3.8) is 0 Å². The summed E-state index contributed by atoms with van der Waals surface area (Å²) in [6.45, 7) is -0.304. The van der Waals surface area contributed by atoms with Gasteiger partial charge in [0.05, 0.1) is 30.8 Å². The van der Waals surface area contributed by atoms with Crippen molar-refractivity contribution in [1.82, 2.24) is 16.0 Å². The summed E-state index contributed by atoms with van der Waals surface area (Å²) in [7, 11) is 0. The number of guanidine groups is 1. The lowest BCUT2D eigenvalue weighted by molar-refractivity contribution is -0.320. The third-order valence-electron chi connectivity index (χ3n) is 9.11. The van der Waals surface area contributed by atoms with Crippen molar-refractivity contribution in [2.45, 2.75) is 123 Å². The second-order valence-electron chi connectivity index (χ2n) is 12.6. The number of amides is 1. The molecule has 4 unspecified atom stereocenters. The average molecular weight is 683 g/mol. The largest absolute Gasteiger partial charge is 0.396 e. The van der Waals surface area contributed by atoms with E-state index in [0.29, 0.717) is 13.0 Å². The van der Waals surface area contributed by atoms with Crippen LogP contribution in [0.15, 0.2) is 0 Å². The van der Waals surface area contributed by atoms with Crippen molar-refractivity contribution in [2.75, 3.05) is 26.3 Å². The summed E-state index contributed by atoms with van der Waals surface area (Å²) >= 11 is 0. The molecule has 0 aromatic carbocycles. The zero-order valence-corrected chi connectivity index (χ0v) is 25.6. The second kappa shape index (κ2) is 15.8. The fourth-order valence-electron chi connectivity index (χ4n) is 6.12. The molecule has 1 amide bonds. The van der Waals surface area contributed by atoms with Crippen LogP contribution in [0.1, 0.15) is 19.3 Å². The van der Waals surface area contributed by atoms with E-state index in [1.54, 1.807) is 0 Å². The number of nitrogens with two attached hydrogens (primary N) is 4. The third kappa shape index (κ3) is 8.29. The van der Waals surface area contributed by atoms with E-state index in [-0.39, 0.29) is 26.0 Å². The van der Waals surface area contributed by atoms with E-state index in [2.05, 4.69) is 16.0 Å². The monoisotopic (exact) mass is 682 g/mol. The fraction of sp³-hybridized carbons (Fsp3) is 0.923. The molecule has 4 aliphatic rings. The molecule has 2 saturated heterocycles. The highest BCUT2D eigenvalue weighted by atomic mass is 16.7. The SMILES string of the molecule is N=C(N)NC1CC1(O)C(=O)N[C@@H]1C[C@H](N)C(OC2O[C@H](CNCCCO)[C@@H](O)[C@H](O)[C@H]2N)[C@H](O)[C@H]1O[C@H]1O[C@H](CO)[C@@H](O)[C@H](N)[C@H]1O. The molecule has 17 atom stereocenters. The first-order valence-electron chi connectivity index (χ1n) is 15.5. The number of aliphatic hydroxyl groups is 8. The number of hydrogen-bond acceptors (Lipinski definition) is 18. The first-order valence-corrected chi connectivity index (χ1v) is 15.5. The van der Waals surface area contributed by atoms with Crippen LogP contribution in [-0.4, -0.2) is 182 Å². The smallest absolute Gasteiger partial charge is 0.254 e. The molecular weight excluding hydrogens is 632 g/mol. The molecule has 0 aromatic heterocycles. The van der Waals surface area contributed by atoms with Gasteiger partial charge in [0, 0.05) is 25.6 Å². The molecule has 21 heteroatoms. The van der Waals surface area contributed by atoms with Crippen LogP contribution in [0.3, 0.4) is 0 Å². The molecule has 4 rings (SSSR count). The number of nitrogens with one attached hydrogen (secondary N) is 4. The van der Waals surface area contributed by atoms with Crippen molar-refractivity contribution in [3.05, 3.63) is 0 Å². The molecular formula is C26H50N8O13. The number of aliphatic hydroxyl groups excluding tert-OH is 7. The Balaban J connectivity index is 1.54. The van der Waals surface area contributed by atoms with Gasteiger partial charge in [-0.3, -0.25) is 10.2 Å². The van der Waals surface area contributed by atoms with Crippen LogP contribution in [0.5, 0.6) is 0 Å². The van der Waals surface area contributed by atoms with Gasteiger partial charge in [-0.2, -0.15) is 0 Å². The molecule has 0 spiro atoms. The average Bonchev–Trinajstić information content (AvgIpc) is 3.68. The first-order chi connectivity index (χ1) is 22.1. The minimum atomic E-state index is -1.95. The van der Waals surface area contributed by atoms with Crippen molar-refractivity contribution in [2.24, 2.45) is 22.9 Å². The molecule has 47 heavy (non-hydrogen) atoms. The summed E-state index contributed by atoms with van der Waals surface area (Å²) in [6, 6.07) is -5.69. The maximum absolute atomic E-state index is 13.2. The maximum Gasteiger partial charge on any atom is 0.254 e. The number of hydrogen-bond donors (Lipinski definition) is 16. The predicted octanol–water partition coefficient (Wildman–Crippen LogP) is -9.17. The summed E-state index contributed by atoms with van der Waals surface area (Å²) in [6.07, 6.45) is -15.7. The predicted molar refractivity (Wildman–Crippen MR) is 158 cm³/mol. The molecule has 21 nitrogen and oxygen atoms in total. The standard InChI is InChI=1S/C26H50N8O13/c27-8-4-9(33-24(42)26(43)5-12(26)34-25(30)31)21(47-23-18(40)13(28)15(37)11(7-36)45-23)19(41)20(8)46-22-14(29)17(39)16(38)10(44-22)6-32-2-1-3-35/h8-23,32,35-41,43H,1-7,27-29H2,(H,33,42)(H4,30,31,34)/t8-,9+,10+,11+,12?,13-,14+,15+,16+,17+,18+,19-,20?,21-,22?,23+,26?/m0/s1. The van der Waals surface area contributed by atoms with E-state index < -0.39 is 122 Å². The van der Waals surface area contributed by atoms with Gasteiger partial charge in [-0.15, -0.1) is 0 Å². The van der Waals surface area contributed by atoms with Crippen molar-refractivity contribution >= 4 is 11.9 Å². The third-order valence-corrected chi connectivity index (χ3v) is 9.11. The van der Waals surface area contributed by atoms with Crippen molar-refractivity contribution in [1.29, 1.82) is 5.41 Å². The Hall–Kier alpha value is -1.90. The lowest BCUT2D eigenvalue weighted by Gasteiger charge is -2.49. The number of carbonyl (C=O) groups excluding carboxylic acids is 1. The molecule has 0 bridgehead atoms.